The first-order chi connectivity index (χ1) is 9.89. The first-order valence-electron chi connectivity index (χ1n) is 7.29. The highest BCUT2D eigenvalue weighted by molar-refractivity contribution is 7.89. The summed E-state index contributed by atoms with van der Waals surface area (Å²) in [5, 5.41) is 0. The van der Waals surface area contributed by atoms with Gasteiger partial charge in [-0.25, -0.2) is 8.42 Å². The lowest BCUT2D eigenvalue weighted by atomic mass is 10.0. The number of fused-ring (bicyclic) bond motifs is 1. The molecular weight excluding hydrogens is 288 g/mol. The Morgan fingerprint density at radius 3 is 2.52 bits per heavy atom. The lowest BCUT2D eigenvalue weighted by molar-refractivity contribution is -0.117. The zero-order valence-electron chi connectivity index (χ0n) is 12.4. The minimum absolute atomic E-state index is 0.00588. The van der Waals surface area contributed by atoms with Crippen molar-refractivity contribution in [3.63, 3.8) is 0 Å². The third-order valence-electron chi connectivity index (χ3n) is 4.51. The van der Waals surface area contributed by atoms with Gasteiger partial charge in [-0.3, -0.25) is 4.79 Å². The molecular formula is C15H20N2O3S. The van der Waals surface area contributed by atoms with Gasteiger partial charge in [-0.2, -0.15) is 4.31 Å². The largest absolute Gasteiger partial charge is 0.315 e. The van der Waals surface area contributed by atoms with Crippen LogP contribution >= 0.6 is 0 Å². The highest BCUT2D eigenvalue weighted by Crippen LogP contribution is 2.31. The Kier molecular flexibility index (Phi) is 3.53. The average molecular weight is 308 g/mol. The van der Waals surface area contributed by atoms with Gasteiger partial charge in [0.1, 0.15) is 0 Å². The summed E-state index contributed by atoms with van der Waals surface area (Å²) in [6.45, 7) is 3.32. The maximum Gasteiger partial charge on any atom is 0.243 e. The van der Waals surface area contributed by atoms with E-state index in [1.165, 1.54) is 0 Å². The number of rotatable bonds is 2. The lowest BCUT2D eigenvalue weighted by Crippen LogP contribution is -2.37. The van der Waals surface area contributed by atoms with Gasteiger partial charge in [0.15, 0.2) is 0 Å². The van der Waals surface area contributed by atoms with E-state index in [0.717, 1.165) is 24.1 Å². The number of anilines is 1. The van der Waals surface area contributed by atoms with E-state index in [4.69, 9.17) is 0 Å². The molecule has 2 aliphatic heterocycles. The van der Waals surface area contributed by atoms with Gasteiger partial charge in [0.25, 0.3) is 0 Å². The fourth-order valence-corrected chi connectivity index (χ4v) is 4.50. The topological polar surface area (TPSA) is 57.7 Å². The standard InChI is InChI=1S/C15H20N2O3S/c1-11-5-7-17(8-6-11)21(19,20)13-3-4-14-12(9-13)10-15(18)16(14)2/h3-4,9,11H,5-8,10H2,1-2H3. The fraction of sp³-hybridized carbons (Fsp3) is 0.533. The summed E-state index contributed by atoms with van der Waals surface area (Å²) in [6.07, 6.45) is 2.10. The molecule has 0 saturated carbocycles. The van der Waals surface area contributed by atoms with Crippen molar-refractivity contribution in [1.29, 1.82) is 0 Å². The molecule has 5 nitrogen and oxygen atoms in total. The lowest BCUT2D eigenvalue weighted by Gasteiger charge is -2.29. The summed E-state index contributed by atoms with van der Waals surface area (Å²) in [5.41, 5.74) is 1.61. The minimum Gasteiger partial charge on any atom is -0.315 e. The molecule has 3 rings (SSSR count). The van der Waals surface area contributed by atoms with Gasteiger partial charge in [-0.1, -0.05) is 6.92 Å². The third-order valence-corrected chi connectivity index (χ3v) is 6.40. The molecule has 1 aromatic rings. The first kappa shape index (κ1) is 14.5. The number of amides is 1. The second-order valence-electron chi connectivity index (χ2n) is 6.01. The number of likely N-dealkylation sites (N-methyl/N-ethyl adjacent to an activating group) is 1. The number of piperidine rings is 1. The Bertz CT molecular complexity index is 676. The van der Waals surface area contributed by atoms with Crippen molar-refractivity contribution in [2.24, 2.45) is 5.92 Å². The number of carbonyl (C=O) groups is 1. The molecule has 1 amide bonds. The fourth-order valence-electron chi connectivity index (χ4n) is 2.98. The highest BCUT2D eigenvalue weighted by Gasteiger charge is 2.30. The van der Waals surface area contributed by atoms with Crippen LogP contribution in [-0.4, -0.2) is 38.8 Å². The Morgan fingerprint density at radius 1 is 1.19 bits per heavy atom. The van der Waals surface area contributed by atoms with Crippen molar-refractivity contribution in [3.8, 4) is 0 Å². The van der Waals surface area contributed by atoms with Crippen LogP contribution in [-0.2, 0) is 21.2 Å². The molecule has 1 aromatic carbocycles. The second-order valence-corrected chi connectivity index (χ2v) is 7.94. The van der Waals surface area contributed by atoms with Crippen molar-refractivity contribution in [2.75, 3.05) is 25.0 Å². The molecule has 21 heavy (non-hydrogen) atoms. The monoisotopic (exact) mass is 308 g/mol. The number of carbonyl (C=O) groups excluding carboxylic acids is 1. The molecule has 0 aliphatic carbocycles. The molecule has 0 spiro atoms. The van der Waals surface area contributed by atoms with Crippen LogP contribution in [0.2, 0.25) is 0 Å². The average Bonchev–Trinajstić information content (AvgIpc) is 2.74. The summed E-state index contributed by atoms with van der Waals surface area (Å²) >= 11 is 0. The maximum absolute atomic E-state index is 12.7. The van der Waals surface area contributed by atoms with Crippen molar-refractivity contribution in [1.82, 2.24) is 4.31 Å². The van der Waals surface area contributed by atoms with E-state index < -0.39 is 10.0 Å². The zero-order valence-corrected chi connectivity index (χ0v) is 13.2. The maximum atomic E-state index is 12.7. The SMILES string of the molecule is CC1CCN(S(=O)(=O)c2ccc3c(c2)CC(=O)N3C)CC1. The van der Waals surface area contributed by atoms with E-state index in [2.05, 4.69) is 6.92 Å². The number of hydrogen-bond donors (Lipinski definition) is 0. The van der Waals surface area contributed by atoms with Gasteiger partial charge < -0.3 is 4.90 Å². The van der Waals surface area contributed by atoms with Gasteiger partial charge in [-0.05, 0) is 42.5 Å². The van der Waals surface area contributed by atoms with Gasteiger partial charge in [-0.15, -0.1) is 0 Å². The number of hydrogen-bond acceptors (Lipinski definition) is 3. The molecule has 6 heteroatoms. The normalized spacial score (nSPS) is 20.9. The molecule has 0 atom stereocenters. The molecule has 0 aromatic heterocycles. The smallest absolute Gasteiger partial charge is 0.243 e. The Hall–Kier alpha value is -1.40. The van der Waals surface area contributed by atoms with Crippen LogP contribution in [0.3, 0.4) is 0 Å². The van der Waals surface area contributed by atoms with Crippen LogP contribution in [0.15, 0.2) is 23.1 Å². The van der Waals surface area contributed by atoms with Crippen molar-refractivity contribution in [2.45, 2.75) is 31.1 Å². The third kappa shape index (κ3) is 2.46. The quantitative estimate of drug-likeness (QED) is 0.834. The summed E-state index contributed by atoms with van der Waals surface area (Å²) in [5.74, 6) is 0.592. The number of nitrogens with zero attached hydrogens (tertiary/aromatic N) is 2. The number of benzene rings is 1. The summed E-state index contributed by atoms with van der Waals surface area (Å²) in [4.78, 5) is 13.6. The molecule has 1 saturated heterocycles. The molecule has 1 fully saturated rings. The van der Waals surface area contributed by atoms with Crippen LogP contribution < -0.4 is 4.90 Å². The summed E-state index contributed by atoms with van der Waals surface area (Å²) in [7, 11) is -1.72. The van der Waals surface area contributed by atoms with Crippen LogP contribution in [0.5, 0.6) is 0 Å². The van der Waals surface area contributed by atoms with E-state index in [9.17, 15) is 13.2 Å². The molecule has 0 unspecified atom stereocenters. The van der Waals surface area contributed by atoms with E-state index in [0.29, 0.717) is 23.9 Å². The summed E-state index contributed by atoms with van der Waals surface area (Å²) < 4.78 is 26.9. The molecule has 2 aliphatic rings. The van der Waals surface area contributed by atoms with Gasteiger partial charge in [0, 0.05) is 25.8 Å². The van der Waals surface area contributed by atoms with E-state index >= 15 is 0 Å². The predicted octanol–water partition coefficient (Wildman–Crippen LogP) is 1.63. The van der Waals surface area contributed by atoms with Crippen molar-refractivity contribution >= 4 is 21.6 Å². The predicted molar refractivity (Wildman–Crippen MR) is 80.7 cm³/mol. The van der Waals surface area contributed by atoms with E-state index in [1.807, 2.05) is 0 Å². The Labute approximate surface area is 125 Å². The zero-order chi connectivity index (χ0) is 15.2. The molecule has 0 bridgehead atoms. The van der Waals surface area contributed by atoms with Crippen molar-refractivity contribution < 1.29 is 13.2 Å². The Balaban J connectivity index is 1.91. The van der Waals surface area contributed by atoms with Crippen LogP contribution in [0, 0.1) is 5.92 Å². The second kappa shape index (κ2) is 5.10. The molecule has 114 valence electrons. The molecule has 2 heterocycles. The van der Waals surface area contributed by atoms with Crippen molar-refractivity contribution in [3.05, 3.63) is 23.8 Å². The Morgan fingerprint density at radius 2 is 1.86 bits per heavy atom. The number of sulfonamides is 1. The molecule has 0 radical (unpaired) electrons. The highest BCUT2D eigenvalue weighted by atomic mass is 32.2. The van der Waals surface area contributed by atoms with Crippen LogP contribution in [0.1, 0.15) is 25.3 Å². The summed E-state index contributed by atoms with van der Waals surface area (Å²) in [6, 6.07) is 5.01. The molecule has 0 N–H and O–H groups in total. The van der Waals surface area contributed by atoms with E-state index in [-0.39, 0.29) is 12.3 Å². The van der Waals surface area contributed by atoms with Crippen LogP contribution in [0.4, 0.5) is 5.69 Å². The van der Waals surface area contributed by atoms with Gasteiger partial charge in [0.2, 0.25) is 15.9 Å². The minimum atomic E-state index is -3.44. The van der Waals surface area contributed by atoms with Gasteiger partial charge >= 0.3 is 0 Å². The van der Waals surface area contributed by atoms with Crippen LogP contribution in [0.25, 0.3) is 0 Å². The first-order valence-corrected chi connectivity index (χ1v) is 8.73. The van der Waals surface area contributed by atoms with E-state index in [1.54, 1.807) is 34.5 Å². The van der Waals surface area contributed by atoms with Gasteiger partial charge in [0.05, 0.1) is 11.3 Å².